The Morgan fingerprint density at radius 2 is 1.81 bits per heavy atom. The Kier molecular flexibility index (Phi) is 8.45. The molecule has 1 aliphatic rings. The van der Waals surface area contributed by atoms with Crippen molar-refractivity contribution in [3.63, 3.8) is 0 Å². The lowest BCUT2D eigenvalue weighted by Gasteiger charge is -2.28. The van der Waals surface area contributed by atoms with E-state index in [2.05, 4.69) is 34.8 Å². The highest BCUT2D eigenvalue weighted by molar-refractivity contribution is 5.94. The Labute approximate surface area is 158 Å². The maximum absolute atomic E-state index is 12.0. The summed E-state index contributed by atoms with van der Waals surface area (Å²) in [4.78, 5) is 16.4. The number of nitrogens with one attached hydrogen (secondary N) is 3. The predicted octanol–water partition coefficient (Wildman–Crippen LogP) is 3.46. The van der Waals surface area contributed by atoms with E-state index in [1.54, 1.807) is 0 Å². The van der Waals surface area contributed by atoms with Crippen LogP contribution in [0.4, 0.5) is 0 Å². The second kappa shape index (κ2) is 10.8. The van der Waals surface area contributed by atoms with Crippen LogP contribution in [0.15, 0.2) is 29.3 Å². The summed E-state index contributed by atoms with van der Waals surface area (Å²) >= 11 is 0. The summed E-state index contributed by atoms with van der Waals surface area (Å²) < 4.78 is 0. The maximum atomic E-state index is 12.0. The van der Waals surface area contributed by atoms with E-state index in [0.717, 1.165) is 36.8 Å². The van der Waals surface area contributed by atoms with Crippen molar-refractivity contribution in [3.8, 4) is 0 Å². The molecule has 0 spiro atoms. The minimum absolute atomic E-state index is 0.00182. The molecule has 0 radical (unpaired) electrons. The van der Waals surface area contributed by atoms with Gasteiger partial charge < -0.3 is 16.0 Å². The number of carbonyl (C=O) groups excluding carboxylic acids is 1. The van der Waals surface area contributed by atoms with Crippen LogP contribution in [0.1, 0.15) is 68.3 Å². The quantitative estimate of drug-likeness (QED) is 0.397. The molecule has 1 fully saturated rings. The largest absolute Gasteiger partial charge is 0.354 e. The Hall–Kier alpha value is -2.04. The summed E-state index contributed by atoms with van der Waals surface area (Å²) in [5.74, 6) is 1.70. The summed E-state index contributed by atoms with van der Waals surface area (Å²) in [7, 11) is 1.81. The summed E-state index contributed by atoms with van der Waals surface area (Å²) in [6.07, 6.45) is 7.10. The van der Waals surface area contributed by atoms with Gasteiger partial charge in [-0.3, -0.25) is 9.79 Å². The van der Waals surface area contributed by atoms with Gasteiger partial charge in [0.15, 0.2) is 5.96 Å². The third kappa shape index (κ3) is 6.70. The van der Waals surface area contributed by atoms with Gasteiger partial charge in [-0.05, 0) is 55.7 Å². The Bertz CT molecular complexity index is 574. The van der Waals surface area contributed by atoms with Crippen molar-refractivity contribution in [3.05, 3.63) is 35.4 Å². The molecule has 5 nitrogen and oxygen atoms in total. The highest BCUT2D eigenvalue weighted by atomic mass is 16.1. The molecule has 1 saturated carbocycles. The smallest absolute Gasteiger partial charge is 0.251 e. The highest BCUT2D eigenvalue weighted by Crippen LogP contribution is 2.23. The third-order valence-electron chi connectivity index (χ3n) is 5.07. The van der Waals surface area contributed by atoms with Crippen LogP contribution < -0.4 is 16.0 Å². The zero-order valence-corrected chi connectivity index (χ0v) is 16.5. The molecule has 0 heterocycles. The molecule has 0 unspecified atom stereocenters. The molecule has 0 aliphatic heterocycles. The van der Waals surface area contributed by atoms with Crippen LogP contribution in [-0.4, -0.2) is 31.5 Å². The van der Waals surface area contributed by atoms with Gasteiger partial charge in [-0.1, -0.05) is 32.4 Å². The van der Waals surface area contributed by atoms with Gasteiger partial charge in [0.05, 0.1) is 0 Å². The van der Waals surface area contributed by atoms with E-state index in [9.17, 15) is 4.79 Å². The average molecular weight is 359 g/mol. The molecule has 3 N–H and O–H groups in total. The van der Waals surface area contributed by atoms with Crippen molar-refractivity contribution >= 4 is 11.9 Å². The van der Waals surface area contributed by atoms with E-state index in [0.29, 0.717) is 18.2 Å². The van der Waals surface area contributed by atoms with E-state index in [4.69, 9.17) is 0 Å². The number of hydrogen-bond donors (Lipinski definition) is 3. The molecule has 0 atom stereocenters. The molecule has 144 valence electrons. The number of amides is 1. The highest BCUT2D eigenvalue weighted by Gasteiger charge is 2.18. The summed E-state index contributed by atoms with van der Waals surface area (Å²) in [5.41, 5.74) is 1.85. The average Bonchev–Trinajstić information content (AvgIpc) is 2.67. The second-order valence-electron chi connectivity index (χ2n) is 7.33. The molecule has 0 aromatic heterocycles. The monoisotopic (exact) mass is 358 g/mol. The normalized spacial score (nSPS) is 20.5. The molecule has 2 rings (SSSR count). The first kappa shape index (κ1) is 20.3. The van der Waals surface area contributed by atoms with Crippen LogP contribution in [0.3, 0.4) is 0 Å². The summed E-state index contributed by atoms with van der Waals surface area (Å²) in [6.45, 7) is 5.88. The summed E-state index contributed by atoms with van der Waals surface area (Å²) in [5, 5.41) is 9.85. The van der Waals surface area contributed by atoms with Gasteiger partial charge in [0.25, 0.3) is 5.91 Å². The second-order valence-corrected chi connectivity index (χ2v) is 7.33. The van der Waals surface area contributed by atoms with Crippen LogP contribution in [0.25, 0.3) is 0 Å². The van der Waals surface area contributed by atoms with Crippen LogP contribution in [0, 0.1) is 5.92 Å². The fraction of sp³-hybridized carbons (Fsp3) is 0.619. The zero-order valence-electron chi connectivity index (χ0n) is 16.5. The minimum Gasteiger partial charge on any atom is -0.354 e. The lowest BCUT2D eigenvalue weighted by molar-refractivity contribution is 0.0953. The fourth-order valence-electron chi connectivity index (χ4n) is 3.23. The van der Waals surface area contributed by atoms with Crippen LogP contribution in [0.2, 0.25) is 0 Å². The summed E-state index contributed by atoms with van der Waals surface area (Å²) in [6, 6.07) is 8.29. The number of aliphatic imine (C=N–C) groups is 1. The van der Waals surface area contributed by atoms with Crippen LogP contribution in [0.5, 0.6) is 0 Å². The topological polar surface area (TPSA) is 65.5 Å². The Balaban J connectivity index is 1.78. The Morgan fingerprint density at radius 3 is 2.42 bits per heavy atom. The Morgan fingerprint density at radius 1 is 1.12 bits per heavy atom. The van der Waals surface area contributed by atoms with Gasteiger partial charge in [-0.15, -0.1) is 0 Å². The van der Waals surface area contributed by atoms with Crippen molar-refractivity contribution in [2.24, 2.45) is 10.9 Å². The van der Waals surface area contributed by atoms with Crippen molar-refractivity contribution in [2.75, 3.05) is 13.6 Å². The number of nitrogens with zero attached hydrogens (tertiary/aromatic N) is 1. The molecule has 26 heavy (non-hydrogen) atoms. The first-order valence-electron chi connectivity index (χ1n) is 9.96. The predicted molar refractivity (Wildman–Crippen MR) is 108 cm³/mol. The molecule has 0 saturated heterocycles. The maximum Gasteiger partial charge on any atom is 0.251 e. The van der Waals surface area contributed by atoms with Gasteiger partial charge in [0.2, 0.25) is 0 Å². The number of benzene rings is 1. The van der Waals surface area contributed by atoms with E-state index >= 15 is 0 Å². The van der Waals surface area contributed by atoms with Gasteiger partial charge in [0.1, 0.15) is 0 Å². The molecule has 1 amide bonds. The lowest BCUT2D eigenvalue weighted by Crippen LogP contribution is -2.44. The molecular weight excluding hydrogens is 324 g/mol. The van der Waals surface area contributed by atoms with Gasteiger partial charge in [-0.25, -0.2) is 0 Å². The van der Waals surface area contributed by atoms with Crippen molar-refractivity contribution in [2.45, 2.75) is 65.0 Å². The number of unbranched alkanes of at least 4 members (excludes halogenated alkanes) is 1. The first-order valence-corrected chi connectivity index (χ1v) is 9.96. The van der Waals surface area contributed by atoms with E-state index < -0.39 is 0 Å². The van der Waals surface area contributed by atoms with Gasteiger partial charge in [-0.2, -0.15) is 0 Å². The molecule has 1 aromatic carbocycles. The molecule has 0 bridgehead atoms. The molecule has 1 aromatic rings. The van der Waals surface area contributed by atoms with Crippen molar-refractivity contribution in [1.29, 1.82) is 0 Å². The fourth-order valence-corrected chi connectivity index (χ4v) is 3.23. The van der Waals surface area contributed by atoms with Crippen LogP contribution >= 0.6 is 0 Å². The number of guanidine groups is 1. The van der Waals surface area contributed by atoms with E-state index in [-0.39, 0.29) is 5.91 Å². The molecular formula is C21H34N4O. The molecule has 5 heteroatoms. The third-order valence-corrected chi connectivity index (χ3v) is 5.07. The number of hydrogen-bond acceptors (Lipinski definition) is 2. The molecule has 1 aliphatic carbocycles. The zero-order chi connectivity index (χ0) is 18.8. The van der Waals surface area contributed by atoms with E-state index in [1.165, 1.54) is 25.7 Å². The van der Waals surface area contributed by atoms with Crippen LogP contribution in [-0.2, 0) is 6.54 Å². The number of rotatable bonds is 7. The first-order chi connectivity index (χ1) is 12.6. The van der Waals surface area contributed by atoms with Gasteiger partial charge in [0, 0.05) is 31.7 Å². The van der Waals surface area contributed by atoms with Crippen molar-refractivity contribution < 1.29 is 4.79 Å². The van der Waals surface area contributed by atoms with Gasteiger partial charge >= 0.3 is 0 Å². The van der Waals surface area contributed by atoms with E-state index in [1.807, 2.05) is 31.3 Å². The lowest BCUT2D eigenvalue weighted by atomic mass is 9.87. The SMILES string of the molecule is CCCCNC(=O)c1ccc(CNC(=NC)NC2CCC(C)CC2)cc1. The minimum atomic E-state index is 0.00182. The standard InChI is InChI=1S/C21H34N4O/c1-4-5-14-23-20(26)18-10-8-17(9-11-18)15-24-21(22-3)25-19-12-6-16(2)7-13-19/h8-11,16,19H,4-7,12-15H2,1-3H3,(H,23,26)(H2,22,24,25). The van der Waals surface area contributed by atoms with Crippen molar-refractivity contribution in [1.82, 2.24) is 16.0 Å². The number of carbonyl (C=O) groups is 1.